The number of benzene rings is 1. The average molecular weight is 195 g/mol. The molecule has 0 spiro atoms. The van der Waals surface area contributed by atoms with Crippen molar-refractivity contribution in [1.82, 2.24) is 0 Å². The maximum Gasteiger partial charge on any atom is 0.125 e. The lowest BCUT2D eigenvalue weighted by molar-refractivity contribution is 0.623. The minimum absolute atomic E-state index is 0.345. The quantitative estimate of drug-likeness (QED) is 0.677. The van der Waals surface area contributed by atoms with Gasteiger partial charge in [0.2, 0.25) is 0 Å². The molecule has 1 nitrogen and oxygen atoms in total. The molecule has 0 amide bonds. The first-order valence-corrected chi connectivity index (χ1v) is 4.87. The lowest BCUT2D eigenvalue weighted by Crippen LogP contribution is -1.88. The van der Waals surface area contributed by atoms with E-state index in [1.807, 2.05) is 19.9 Å². The Hall–Kier alpha value is -1.01. The molecule has 0 N–H and O–H groups in total. The number of hydrogen-bond donors (Lipinski definition) is 0. The third kappa shape index (κ3) is 3.08. The second kappa shape index (κ2) is 4.29. The number of rotatable bonds is 2. The third-order valence-electron chi connectivity index (χ3n) is 1.37. The minimum atomic E-state index is -0.345. The summed E-state index contributed by atoms with van der Waals surface area (Å²) in [5, 5.41) is 8.99. The number of hydrogen-bond acceptors (Lipinski definition) is 2. The molecule has 0 bridgehead atoms. The van der Waals surface area contributed by atoms with Crippen LogP contribution in [0.4, 0.5) is 4.39 Å². The van der Waals surface area contributed by atoms with Gasteiger partial charge in [-0.3, -0.25) is 0 Å². The molecule has 1 aromatic carbocycles. The first-order valence-electron chi connectivity index (χ1n) is 3.99. The Kier molecular flexibility index (Phi) is 3.32. The van der Waals surface area contributed by atoms with E-state index in [0.717, 1.165) is 4.90 Å². The molecule has 0 aliphatic carbocycles. The molecule has 1 aromatic rings. The van der Waals surface area contributed by atoms with Crippen molar-refractivity contribution in [3.05, 3.63) is 29.6 Å². The molecule has 0 heterocycles. The van der Waals surface area contributed by atoms with E-state index in [0.29, 0.717) is 10.8 Å². The van der Waals surface area contributed by atoms with Crippen molar-refractivity contribution in [1.29, 1.82) is 5.26 Å². The molecule has 0 radical (unpaired) electrons. The fraction of sp³-hybridized carbons (Fsp3) is 0.300. The van der Waals surface area contributed by atoms with Gasteiger partial charge in [0.25, 0.3) is 0 Å². The van der Waals surface area contributed by atoms with Crippen LogP contribution in [0.1, 0.15) is 19.4 Å². The monoisotopic (exact) mass is 195 g/mol. The number of thioether (sulfide) groups is 1. The Morgan fingerprint density at radius 2 is 2.08 bits per heavy atom. The van der Waals surface area contributed by atoms with Gasteiger partial charge in [-0.2, -0.15) is 5.26 Å². The molecule has 0 saturated carbocycles. The van der Waals surface area contributed by atoms with Crippen LogP contribution in [-0.4, -0.2) is 5.25 Å². The normalized spacial score (nSPS) is 10.1. The summed E-state index contributed by atoms with van der Waals surface area (Å²) < 4.78 is 12.9. The van der Waals surface area contributed by atoms with Gasteiger partial charge in [-0.25, -0.2) is 4.39 Å². The highest BCUT2D eigenvalue weighted by Gasteiger charge is 2.02. The topological polar surface area (TPSA) is 23.8 Å². The first kappa shape index (κ1) is 10.1. The summed E-state index contributed by atoms with van der Waals surface area (Å²) in [5.41, 5.74) is 0.378. The fourth-order valence-corrected chi connectivity index (χ4v) is 1.89. The van der Waals surface area contributed by atoms with E-state index in [9.17, 15) is 4.39 Å². The van der Waals surface area contributed by atoms with Gasteiger partial charge < -0.3 is 0 Å². The van der Waals surface area contributed by atoms with Crippen LogP contribution in [0.15, 0.2) is 23.1 Å². The van der Waals surface area contributed by atoms with Gasteiger partial charge in [-0.15, -0.1) is 11.8 Å². The van der Waals surface area contributed by atoms with Crippen molar-refractivity contribution in [2.45, 2.75) is 24.0 Å². The summed E-state index contributed by atoms with van der Waals surface area (Å²) in [5.74, 6) is -0.345. The Balaban J connectivity index is 2.96. The lowest BCUT2D eigenvalue weighted by atomic mass is 10.2. The van der Waals surface area contributed by atoms with Crippen LogP contribution in [0.25, 0.3) is 0 Å². The van der Waals surface area contributed by atoms with Crippen LogP contribution in [0.3, 0.4) is 0 Å². The lowest BCUT2D eigenvalue weighted by Gasteiger charge is -2.04. The zero-order valence-corrected chi connectivity index (χ0v) is 8.36. The predicted molar refractivity (Wildman–Crippen MR) is 52.1 cm³/mol. The summed E-state index contributed by atoms with van der Waals surface area (Å²) in [7, 11) is 0. The average Bonchev–Trinajstić information content (AvgIpc) is 2.01. The highest BCUT2D eigenvalue weighted by molar-refractivity contribution is 7.99. The Bertz CT molecular complexity index is 341. The molecule has 13 heavy (non-hydrogen) atoms. The second-order valence-electron chi connectivity index (χ2n) is 2.95. The summed E-state index contributed by atoms with van der Waals surface area (Å²) in [6.45, 7) is 4.06. The zero-order chi connectivity index (χ0) is 9.84. The molecule has 3 heteroatoms. The molecule has 68 valence electrons. The van der Waals surface area contributed by atoms with Gasteiger partial charge in [0.1, 0.15) is 5.82 Å². The van der Waals surface area contributed by atoms with Crippen molar-refractivity contribution in [2.75, 3.05) is 0 Å². The van der Waals surface area contributed by atoms with Crippen molar-refractivity contribution < 1.29 is 4.39 Å². The van der Waals surface area contributed by atoms with E-state index in [1.54, 1.807) is 17.8 Å². The van der Waals surface area contributed by atoms with Gasteiger partial charge in [-0.05, 0) is 18.2 Å². The van der Waals surface area contributed by atoms with Gasteiger partial charge in [0.15, 0.2) is 0 Å². The molecule has 0 aromatic heterocycles. The highest BCUT2D eigenvalue weighted by atomic mass is 32.2. The summed E-state index contributed by atoms with van der Waals surface area (Å²) in [6.07, 6.45) is 0. The van der Waals surface area contributed by atoms with Crippen molar-refractivity contribution in [2.24, 2.45) is 0 Å². The van der Waals surface area contributed by atoms with E-state index in [4.69, 9.17) is 5.26 Å². The smallest absolute Gasteiger partial charge is 0.125 e. The van der Waals surface area contributed by atoms with E-state index in [1.165, 1.54) is 12.1 Å². The van der Waals surface area contributed by atoms with E-state index < -0.39 is 0 Å². The van der Waals surface area contributed by atoms with Gasteiger partial charge >= 0.3 is 0 Å². The molecular formula is C10H10FNS. The number of nitrogens with zero attached hydrogens (tertiary/aromatic N) is 1. The van der Waals surface area contributed by atoms with Crippen LogP contribution in [0.5, 0.6) is 0 Å². The van der Waals surface area contributed by atoms with Crippen molar-refractivity contribution >= 4 is 11.8 Å². The Morgan fingerprint density at radius 1 is 1.38 bits per heavy atom. The Labute approximate surface area is 81.6 Å². The minimum Gasteiger partial charge on any atom is -0.207 e. The van der Waals surface area contributed by atoms with Gasteiger partial charge in [-0.1, -0.05) is 13.8 Å². The maximum absolute atomic E-state index is 12.9. The van der Waals surface area contributed by atoms with Gasteiger partial charge in [0, 0.05) is 10.1 Å². The van der Waals surface area contributed by atoms with Crippen LogP contribution in [0.2, 0.25) is 0 Å². The van der Waals surface area contributed by atoms with Crippen LogP contribution in [0, 0.1) is 17.1 Å². The second-order valence-corrected chi connectivity index (χ2v) is 4.60. The van der Waals surface area contributed by atoms with E-state index in [-0.39, 0.29) is 5.82 Å². The summed E-state index contributed by atoms with van der Waals surface area (Å²) in [4.78, 5) is 0.812. The molecule has 0 atom stereocenters. The van der Waals surface area contributed by atoms with E-state index >= 15 is 0 Å². The molecule has 1 rings (SSSR count). The zero-order valence-electron chi connectivity index (χ0n) is 7.54. The van der Waals surface area contributed by atoms with Crippen molar-refractivity contribution in [3.8, 4) is 6.07 Å². The Morgan fingerprint density at radius 3 is 2.62 bits per heavy atom. The maximum atomic E-state index is 12.9. The molecule has 0 aliphatic heterocycles. The molecular weight excluding hydrogens is 185 g/mol. The highest BCUT2D eigenvalue weighted by Crippen LogP contribution is 2.24. The molecule has 0 fully saturated rings. The number of halogens is 1. The summed E-state index contributed by atoms with van der Waals surface area (Å²) in [6, 6.07) is 6.32. The van der Waals surface area contributed by atoms with Crippen LogP contribution >= 0.6 is 11.8 Å². The SMILES string of the molecule is CC(C)Sc1cc(F)cc(C#N)c1. The standard InChI is InChI=1S/C10H10FNS/c1-7(2)13-10-4-8(6-12)3-9(11)5-10/h3-5,7H,1-2H3. The van der Waals surface area contributed by atoms with Crippen LogP contribution < -0.4 is 0 Å². The largest absolute Gasteiger partial charge is 0.207 e. The third-order valence-corrected chi connectivity index (χ3v) is 2.35. The molecule has 0 aliphatic rings. The summed E-state index contributed by atoms with van der Waals surface area (Å²) >= 11 is 1.55. The van der Waals surface area contributed by atoms with Gasteiger partial charge in [0.05, 0.1) is 11.6 Å². The van der Waals surface area contributed by atoms with Crippen molar-refractivity contribution in [3.63, 3.8) is 0 Å². The molecule has 0 unspecified atom stereocenters. The van der Waals surface area contributed by atoms with E-state index in [2.05, 4.69) is 0 Å². The predicted octanol–water partition coefficient (Wildman–Crippen LogP) is 3.20. The fourth-order valence-electron chi connectivity index (χ4n) is 0.967. The van der Waals surface area contributed by atoms with Crippen LogP contribution in [-0.2, 0) is 0 Å². The number of nitriles is 1. The first-order chi connectivity index (χ1) is 6.11. The molecule has 0 saturated heterocycles.